The van der Waals surface area contributed by atoms with Gasteiger partial charge in [-0.05, 0) is 43.2 Å². The lowest BCUT2D eigenvalue weighted by atomic mass is 10.0. The van der Waals surface area contributed by atoms with Crippen LogP contribution in [-0.4, -0.2) is 40.1 Å². The molecule has 7 nitrogen and oxygen atoms in total. The van der Waals surface area contributed by atoms with Crippen molar-refractivity contribution in [3.63, 3.8) is 0 Å². The summed E-state index contributed by atoms with van der Waals surface area (Å²) in [4.78, 5) is 29.1. The van der Waals surface area contributed by atoms with E-state index in [1.165, 1.54) is 30.4 Å². The molecule has 0 aromatic heterocycles. The monoisotopic (exact) mass is 415 g/mol. The molecule has 1 amide bonds. The quantitative estimate of drug-likeness (QED) is 0.258. The SMILES string of the molecule is CCCCCc1ccc(CCCCCC(=O)N[C@H](CO)COP(=O)(O)O)cc1. The minimum Gasteiger partial charge on any atom is -0.394 e. The molecule has 0 aliphatic heterocycles. The van der Waals surface area contributed by atoms with Gasteiger partial charge in [-0.1, -0.05) is 50.5 Å². The molecule has 0 saturated carbocycles. The standard InChI is InChI=1S/C20H34NO6P/c1-2-3-5-8-17-11-13-18(14-12-17)9-6-4-7-10-20(23)21-19(15-22)16-27-28(24,25)26/h11-14,19,22H,2-10,15-16H2,1H3,(H,21,23)(H2,24,25,26)/t19-/m1/s1. The van der Waals surface area contributed by atoms with Gasteiger partial charge in [-0.15, -0.1) is 0 Å². The highest BCUT2D eigenvalue weighted by Gasteiger charge is 2.19. The molecule has 0 unspecified atom stereocenters. The molecule has 0 aliphatic carbocycles. The number of aryl methyl sites for hydroxylation is 2. The topological polar surface area (TPSA) is 116 Å². The minimum atomic E-state index is -4.61. The molecule has 0 aliphatic rings. The van der Waals surface area contributed by atoms with Crippen LogP contribution in [0.5, 0.6) is 0 Å². The maximum Gasteiger partial charge on any atom is 0.469 e. The number of rotatable bonds is 15. The average molecular weight is 415 g/mol. The largest absolute Gasteiger partial charge is 0.469 e. The molecule has 1 rings (SSSR count). The number of unbranched alkanes of at least 4 members (excludes halogenated alkanes) is 4. The molecule has 28 heavy (non-hydrogen) atoms. The second-order valence-electron chi connectivity index (χ2n) is 7.07. The van der Waals surface area contributed by atoms with Gasteiger partial charge in [0.15, 0.2) is 0 Å². The van der Waals surface area contributed by atoms with Crippen molar-refractivity contribution in [3.8, 4) is 0 Å². The maximum absolute atomic E-state index is 11.8. The molecule has 1 aromatic rings. The Morgan fingerprint density at radius 3 is 2.11 bits per heavy atom. The number of hydrogen-bond acceptors (Lipinski definition) is 4. The third kappa shape index (κ3) is 12.3. The van der Waals surface area contributed by atoms with Crippen molar-refractivity contribution in [1.82, 2.24) is 5.32 Å². The molecular weight excluding hydrogens is 381 g/mol. The molecule has 160 valence electrons. The molecule has 1 aromatic carbocycles. The van der Waals surface area contributed by atoms with Crippen LogP contribution in [0.3, 0.4) is 0 Å². The number of amides is 1. The van der Waals surface area contributed by atoms with Gasteiger partial charge in [0, 0.05) is 6.42 Å². The summed E-state index contributed by atoms with van der Waals surface area (Å²) in [6, 6.07) is 7.94. The van der Waals surface area contributed by atoms with E-state index in [0.717, 1.165) is 32.1 Å². The molecule has 0 fully saturated rings. The van der Waals surface area contributed by atoms with Gasteiger partial charge < -0.3 is 20.2 Å². The molecule has 0 bridgehead atoms. The van der Waals surface area contributed by atoms with Crippen molar-refractivity contribution < 1.29 is 28.8 Å². The van der Waals surface area contributed by atoms with Crippen molar-refractivity contribution >= 4 is 13.7 Å². The van der Waals surface area contributed by atoms with Gasteiger partial charge >= 0.3 is 7.82 Å². The van der Waals surface area contributed by atoms with Crippen LogP contribution in [0.25, 0.3) is 0 Å². The van der Waals surface area contributed by atoms with Crippen LogP contribution in [-0.2, 0) is 26.7 Å². The molecule has 0 spiro atoms. The fourth-order valence-electron chi connectivity index (χ4n) is 2.87. The first-order valence-corrected chi connectivity index (χ1v) is 11.5. The lowest BCUT2D eigenvalue weighted by Crippen LogP contribution is -2.40. The number of nitrogens with one attached hydrogen (secondary N) is 1. The van der Waals surface area contributed by atoms with Crippen LogP contribution in [0.1, 0.15) is 63.0 Å². The van der Waals surface area contributed by atoms with Crippen LogP contribution < -0.4 is 5.32 Å². The number of aliphatic hydroxyl groups is 1. The van der Waals surface area contributed by atoms with Crippen molar-refractivity contribution in [2.24, 2.45) is 0 Å². The van der Waals surface area contributed by atoms with Gasteiger partial charge in [-0.2, -0.15) is 0 Å². The van der Waals surface area contributed by atoms with Gasteiger partial charge in [0.2, 0.25) is 5.91 Å². The molecule has 1 atom stereocenters. The van der Waals surface area contributed by atoms with E-state index >= 15 is 0 Å². The number of phosphoric acid groups is 1. The molecule has 4 N–H and O–H groups in total. The van der Waals surface area contributed by atoms with E-state index in [1.807, 2.05) is 0 Å². The van der Waals surface area contributed by atoms with Crippen molar-refractivity contribution in [1.29, 1.82) is 0 Å². The summed E-state index contributed by atoms with van der Waals surface area (Å²) in [7, 11) is -4.61. The van der Waals surface area contributed by atoms with Gasteiger partial charge in [0.05, 0.1) is 19.3 Å². The number of hydrogen-bond donors (Lipinski definition) is 4. The summed E-state index contributed by atoms with van der Waals surface area (Å²) in [5, 5.41) is 11.7. The molecular formula is C20H34NO6P. The van der Waals surface area contributed by atoms with Crippen molar-refractivity contribution in [2.75, 3.05) is 13.2 Å². The fourth-order valence-corrected chi connectivity index (χ4v) is 3.24. The molecule has 0 heterocycles. The van der Waals surface area contributed by atoms with E-state index in [-0.39, 0.29) is 5.91 Å². The Morgan fingerprint density at radius 2 is 1.61 bits per heavy atom. The van der Waals surface area contributed by atoms with Gasteiger partial charge in [-0.25, -0.2) is 4.57 Å². The second-order valence-corrected chi connectivity index (χ2v) is 8.31. The van der Waals surface area contributed by atoms with Crippen LogP contribution in [0.2, 0.25) is 0 Å². The minimum absolute atomic E-state index is 0.259. The van der Waals surface area contributed by atoms with Crippen LogP contribution in [0.15, 0.2) is 24.3 Å². The molecule has 0 radical (unpaired) electrons. The van der Waals surface area contributed by atoms with E-state index in [0.29, 0.717) is 6.42 Å². The highest BCUT2D eigenvalue weighted by molar-refractivity contribution is 7.46. The summed E-state index contributed by atoms with van der Waals surface area (Å²) in [6.07, 6.45) is 8.79. The smallest absolute Gasteiger partial charge is 0.394 e. The Morgan fingerprint density at radius 1 is 1.04 bits per heavy atom. The van der Waals surface area contributed by atoms with E-state index in [2.05, 4.69) is 41.0 Å². The lowest BCUT2D eigenvalue weighted by Gasteiger charge is -2.16. The van der Waals surface area contributed by atoms with Gasteiger partial charge in [0.25, 0.3) is 0 Å². The summed E-state index contributed by atoms with van der Waals surface area (Å²) >= 11 is 0. The Bertz CT molecular complexity index is 601. The van der Waals surface area contributed by atoms with Crippen molar-refractivity contribution in [2.45, 2.75) is 70.8 Å². The first kappa shape index (κ1) is 24.8. The summed E-state index contributed by atoms with van der Waals surface area (Å²) in [6.45, 7) is 1.33. The summed E-state index contributed by atoms with van der Waals surface area (Å²) in [5.74, 6) is -0.259. The zero-order chi connectivity index (χ0) is 20.8. The van der Waals surface area contributed by atoms with Crippen LogP contribution >= 0.6 is 7.82 Å². The second kappa shape index (κ2) is 13.9. The number of carbonyl (C=O) groups is 1. The van der Waals surface area contributed by atoms with Crippen molar-refractivity contribution in [3.05, 3.63) is 35.4 Å². The Balaban J connectivity index is 2.17. The summed E-state index contributed by atoms with van der Waals surface area (Å²) in [5.41, 5.74) is 2.69. The lowest BCUT2D eigenvalue weighted by molar-refractivity contribution is -0.122. The predicted octanol–water partition coefficient (Wildman–Crippen LogP) is 3.11. The zero-order valence-corrected chi connectivity index (χ0v) is 17.6. The van der Waals surface area contributed by atoms with E-state index in [9.17, 15) is 9.36 Å². The molecule has 8 heteroatoms. The number of carbonyl (C=O) groups excluding carboxylic acids is 1. The van der Waals surface area contributed by atoms with E-state index < -0.39 is 27.1 Å². The zero-order valence-electron chi connectivity index (χ0n) is 16.7. The third-order valence-corrected chi connectivity index (χ3v) is 4.98. The first-order valence-electron chi connectivity index (χ1n) is 10.0. The highest BCUT2D eigenvalue weighted by Crippen LogP contribution is 2.35. The summed E-state index contributed by atoms with van der Waals surface area (Å²) < 4.78 is 15.0. The van der Waals surface area contributed by atoms with E-state index in [4.69, 9.17) is 14.9 Å². The predicted molar refractivity (Wildman–Crippen MR) is 109 cm³/mol. The van der Waals surface area contributed by atoms with Gasteiger partial charge in [-0.3, -0.25) is 9.32 Å². The average Bonchev–Trinajstić information content (AvgIpc) is 2.65. The Labute approximate surface area is 167 Å². The highest BCUT2D eigenvalue weighted by atomic mass is 31.2. The van der Waals surface area contributed by atoms with Gasteiger partial charge in [0.1, 0.15) is 0 Å². The normalized spacial score (nSPS) is 12.7. The number of aliphatic hydroxyl groups excluding tert-OH is 1. The van der Waals surface area contributed by atoms with Crippen LogP contribution in [0.4, 0.5) is 0 Å². The third-order valence-electron chi connectivity index (χ3n) is 4.49. The Kier molecular flexibility index (Phi) is 12.3. The number of benzene rings is 1. The maximum atomic E-state index is 11.8. The fraction of sp³-hybridized carbons (Fsp3) is 0.650. The first-order chi connectivity index (χ1) is 13.3. The molecule has 0 saturated heterocycles. The Hall–Kier alpha value is -1.24. The van der Waals surface area contributed by atoms with E-state index in [1.54, 1.807) is 0 Å². The number of phosphoric ester groups is 1. The van der Waals surface area contributed by atoms with Crippen LogP contribution in [0, 0.1) is 0 Å².